The Hall–Kier alpha value is -1.84. The van der Waals surface area contributed by atoms with Gasteiger partial charge in [0.15, 0.2) is 0 Å². The highest BCUT2D eigenvalue weighted by Gasteiger charge is 2.22. The van der Waals surface area contributed by atoms with Gasteiger partial charge in [0.05, 0.1) is 11.6 Å². The zero-order chi connectivity index (χ0) is 13.0. The Morgan fingerprint density at radius 2 is 1.76 bits per heavy atom. The number of carbonyl (C=O) groups excluding carboxylic acids is 1. The molecule has 17 heavy (non-hydrogen) atoms. The first-order chi connectivity index (χ1) is 7.97. The van der Waals surface area contributed by atoms with Crippen LogP contribution in [0.2, 0.25) is 0 Å². The topological polar surface area (TPSA) is 64.8 Å². The molecule has 0 aliphatic rings. The van der Waals surface area contributed by atoms with Crippen molar-refractivity contribution in [2.45, 2.75) is 13.8 Å². The van der Waals surface area contributed by atoms with E-state index in [1.807, 2.05) is 0 Å². The molecule has 0 amide bonds. The van der Waals surface area contributed by atoms with Crippen molar-refractivity contribution in [3.63, 3.8) is 0 Å². The molecule has 0 aliphatic heterocycles. The number of rotatable bonds is 5. The third-order valence-electron chi connectivity index (χ3n) is 2.56. The van der Waals surface area contributed by atoms with E-state index in [2.05, 4.69) is 0 Å². The summed E-state index contributed by atoms with van der Waals surface area (Å²) in [4.78, 5) is 11.0. The van der Waals surface area contributed by atoms with Crippen molar-refractivity contribution in [2.75, 3.05) is 0 Å². The predicted molar refractivity (Wildman–Crippen MR) is 65.3 cm³/mol. The molecule has 0 heterocycles. The van der Waals surface area contributed by atoms with Crippen LogP contribution < -0.4 is 0 Å². The number of nitrogens with one attached hydrogen (secondary N) is 2. The van der Waals surface area contributed by atoms with Crippen molar-refractivity contribution in [2.24, 2.45) is 11.8 Å². The van der Waals surface area contributed by atoms with E-state index in [-0.39, 0.29) is 23.2 Å². The Morgan fingerprint density at radius 1 is 1.24 bits per heavy atom. The van der Waals surface area contributed by atoms with Crippen LogP contribution in [0.4, 0.5) is 4.39 Å². The minimum atomic E-state index is -0.847. The second-order valence-corrected chi connectivity index (χ2v) is 4.14. The van der Waals surface area contributed by atoms with Gasteiger partial charge in [-0.1, -0.05) is 26.0 Å². The zero-order valence-electron chi connectivity index (χ0n) is 9.83. The Labute approximate surface area is 99.7 Å². The van der Waals surface area contributed by atoms with Gasteiger partial charge in [0, 0.05) is 5.71 Å². The first kappa shape index (κ1) is 13.2. The molecule has 1 aromatic carbocycles. The van der Waals surface area contributed by atoms with Crippen LogP contribution in [0.5, 0.6) is 0 Å². The molecule has 0 spiro atoms. The maximum absolute atomic E-state index is 12.7. The fourth-order valence-electron chi connectivity index (χ4n) is 1.46. The van der Waals surface area contributed by atoms with Gasteiger partial charge < -0.3 is 15.6 Å². The Bertz CT molecular complexity index is 437. The lowest BCUT2D eigenvalue weighted by atomic mass is 9.88. The van der Waals surface area contributed by atoms with E-state index in [1.165, 1.54) is 24.3 Å². The zero-order valence-corrected chi connectivity index (χ0v) is 9.83. The van der Waals surface area contributed by atoms with E-state index in [9.17, 15) is 9.18 Å². The van der Waals surface area contributed by atoms with Gasteiger partial charge >= 0.3 is 0 Å². The fraction of sp³-hybridized carbons (Fsp3) is 0.308. The van der Waals surface area contributed by atoms with Crippen LogP contribution in [0.1, 0.15) is 19.4 Å². The number of halogens is 1. The van der Waals surface area contributed by atoms with Gasteiger partial charge in [-0.2, -0.15) is 0 Å². The van der Waals surface area contributed by atoms with Crippen molar-refractivity contribution in [1.82, 2.24) is 0 Å². The third-order valence-corrected chi connectivity index (χ3v) is 2.56. The molecule has 0 saturated carbocycles. The standard InChI is InChI=1S/C13H15FN2O/c1-8(2)12(15)11(7-17)13(16)9-3-5-10(14)6-4-9/h3-8,11,15-16H,1-2H3. The molecule has 0 bridgehead atoms. The van der Waals surface area contributed by atoms with Crippen molar-refractivity contribution in [3.05, 3.63) is 35.6 Å². The molecule has 1 aromatic rings. The molecule has 0 aliphatic carbocycles. The second-order valence-electron chi connectivity index (χ2n) is 4.14. The summed E-state index contributed by atoms with van der Waals surface area (Å²) in [6.45, 7) is 3.60. The molecule has 0 fully saturated rings. The molecule has 4 heteroatoms. The monoisotopic (exact) mass is 234 g/mol. The highest BCUT2D eigenvalue weighted by Crippen LogP contribution is 2.13. The van der Waals surface area contributed by atoms with E-state index >= 15 is 0 Å². The smallest absolute Gasteiger partial charge is 0.134 e. The average Bonchev–Trinajstić information content (AvgIpc) is 2.30. The number of benzene rings is 1. The molecule has 2 N–H and O–H groups in total. The number of carbonyl (C=O) groups is 1. The summed E-state index contributed by atoms with van der Waals surface area (Å²) < 4.78 is 12.7. The maximum Gasteiger partial charge on any atom is 0.134 e. The lowest BCUT2D eigenvalue weighted by Gasteiger charge is -2.16. The summed E-state index contributed by atoms with van der Waals surface area (Å²) in [6.07, 6.45) is 0.591. The molecule has 0 aromatic heterocycles. The molecule has 3 nitrogen and oxygen atoms in total. The molecular weight excluding hydrogens is 219 g/mol. The van der Waals surface area contributed by atoms with Gasteiger partial charge in [-0.15, -0.1) is 0 Å². The summed E-state index contributed by atoms with van der Waals surface area (Å²) in [5.74, 6) is -1.32. The number of hydrogen-bond acceptors (Lipinski definition) is 3. The van der Waals surface area contributed by atoms with Crippen molar-refractivity contribution < 1.29 is 9.18 Å². The van der Waals surface area contributed by atoms with Crippen LogP contribution in [-0.4, -0.2) is 17.7 Å². The predicted octanol–water partition coefficient (Wildman–Crippen LogP) is 2.68. The van der Waals surface area contributed by atoms with E-state index in [4.69, 9.17) is 10.8 Å². The normalized spacial score (nSPS) is 12.2. The molecule has 1 atom stereocenters. The Morgan fingerprint density at radius 3 is 2.18 bits per heavy atom. The van der Waals surface area contributed by atoms with E-state index in [1.54, 1.807) is 13.8 Å². The van der Waals surface area contributed by atoms with Crippen LogP contribution in [0, 0.1) is 28.5 Å². The van der Waals surface area contributed by atoms with E-state index in [0.29, 0.717) is 11.8 Å². The molecule has 0 radical (unpaired) electrons. The van der Waals surface area contributed by atoms with Crippen LogP contribution in [0.3, 0.4) is 0 Å². The summed E-state index contributed by atoms with van der Waals surface area (Å²) in [6, 6.07) is 5.37. The molecule has 1 rings (SSSR count). The lowest BCUT2D eigenvalue weighted by molar-refractivity contribution is -0.108. The SMILES string of the molecule is CC(C)C(=N)C(C=O)C(=N)c1ccc(F)cc1. The summed E-state index contributed by atoms with van der Waals surface area (Å²) in [5, 5.41) is 15.7. The van der Waals surface area contributed by atoms with Crippen LogP contribution >= 0.6 is 0 Å². The maximum atomic E-state index is 12.7. The minimum Gasteiger partial charge on any atom is -0.308 e. The first-order valence-electron chi connectivity index (χ1n) is 5.35. The summed E-state index contributed by atoms with van der Waals surface area (Å²) in [5.41, 5.74) is 0.710. The highest BCUT2D eigenvalue weighted by molar-refractivity contribution is 6.21. The number of hydrogen-bond donors (Lipinski definition) is 2. The van der Waals surface area contributed by atoms with Crippen molar-refractivity contribution in [3.8, 4) is 0 Å². The molecular formula is C13H15FN2O. The fourth-order valence-corrected chi connectivity index (χ4v) is 1.46. The summed E-state index contributed by atoms with van der Waals surface area (Å²) in [7, 11) is 0. The largest absolute Gasteiger partial charge is 0.308 e. The second kappa shape index (κ2) is 5.48. The molecule has 0 saturated heterocycles. The van der Waals surface area contributed by atoms with Gasteiger partial charge in [0.2, 0.25) is 0 Å². The first-order valence-corrected chi connectivity index (χ1v) is 5.35. The van der Waals surface area contributed by atoms with Gasteiger partial charge in [-0.25, -0.2) is 4.39 Å². The van der Waals surface area contributed by atoms with E-state index < -0.39 is 5.92 Å². The Kier molecular flexibility index (Phi) is 4.26. The summed E-state index contributed by atoms with van der Waals surface area (Å²) >= 11 is 0. The minimum absolute atomic E-state index is 0.0405. The van der Waals surface area contributed by atoms with Crippen LogP contribution in [0.25, 0.3) is 0 Å². The van der Waals surface area contributed by atoms with Crippen molar-refractivity contribution >= 4 is 17.7 Å². The van der Waals surface area contributed by atoms with Crippen LogP contribution in [-0.2, 0) is 4.79 Å². The van der Waals surface area contributed by atoms with Crippen LogP contribution in [0.15, 0.2) is 24.3 Å². The Balaban J connectivity index is 2.98. The molecule has 1 unspecified atom stereocenters. The van der Waals surface area contributed by atoms with Gasteiger partial charge in [-0.05, 0) is 23.6 Å². The average molecular weight is 234 g/mol. The quantitative estimate of drug-likeness (QED) is 0.597. The van der Waals surface area contributed by atoms with Gasteiger partial charge in [0.1, 0.15) is 12.1 Å². The molecule has 90 valence electrons. The van der Waals surface area contributed by atoms with Crippen molar-refractivity contribution in [1.29, 1.82) is 10.8 Å². The van der Waals surface area contributed by atoms with Gasteiger partial charge in [0.25, 0.3) is 0 Å². The van der Waals surface area contributed by atoms with E-state index in [0.717, 1.165) is 0 Å². The lowest BCUT2D eigenvalue weighted by Crippen LogP contribution is -2.28. The third kappa shape index (κ3) is 3.06. The van der Waals surface area contributed by atoms with Gasteiger partial charge in [-0.3, -0.25) is 0 Å². The number of aldehydes is 1. The highest BCUT2D eigenvalue weighted by atomic mass is 19.1.